The van der Waals surface area contributed by atoms with E-state index in [-0.39, 0.29) is 30.1 Å². The van der Waals surface area contributed by atoms with Gasteiger partial charge in [-0.05, 0) is 37.5 Å². The van der Waals surface area contributed by atoms with Crippen LogP contribution in [0.25, 0.3) is 11.3 Å². The van der Waals surface area contributed by atoms with Gasteiger partial charge in [-0.2, -0.15) is 0 Å². The number of hydrogen-bond donors (Lipinski definition) is 2. The first-order chi connectivity index (χ1) is 18.5. The van der Waals surface area contributed by atoms with Crippen molar-refractivity contribution in [3.63, 3.8) is 0 Å². The second-order valence-electron chi connectivity index (χ2n) is 9.84. The van der Waals surface area contributed by atoms with E-state index in [4.69, 9.17) is 21.8 Å². The molecule has 1 amide bonds. The average molecular weight is 550 g/mol. The molecule has 0 aliphatic heterocycles. The lowest BCUT2D eigenvalue weighted by molar-refractivity contribution is -0.122. The van der Waals surface area contributed by atoms with Crippen molar-refractivity contribution in [3.8, 4) is 11.3 Å². The van der Waals surface area contributed by atoms with Crippen molar-refractivity contribution in [2.45, 2.75) is 45.7 Å². The van der Waals surface area contributed by atoms with Crippen LogP contribution >= 0.6 is 11.6 Å². The lowest BCUT2D eigenvalue weighted by Crippen LogP contribution is -2.46. The number of nitrogen functional groups attached to an aromatic ring is 1. The number of pyridine rings is 1. The van der Waals surface area contributed by atoms with E-state index in [2.05, 4.69) is 25.5 Å². The van der Waals surface area contributed by atoms with Crippen molar-refractivity contribution >= 4 is 29.1 Å². The normalized spacial score (nSPS) is 12.4. The Balaban J connectivity index is 1.56. The minimum Gasteiger partial charge on any atom is -0.417 e. The van der Waals surface area contributed by atoms with Gasteiger partial charge >= 0.3 is 0 Å². The number of halogens is 1. The second-order valence-corrected chi connectivity index (χ2v) is 10.3. The standard InChI is InChI=1S/C27H28ClN7O4/c1-15(2)21(22(37)24-33-34-26(39-24)27(3,4)19-11-10-17(28)12-30-19)32-20(36)14-35-18(13-31-23(29)25(35)38)16-8-6-5-7-9-16/h5-13,15,21H,14H2,1-4H3,(H2,29,31)(H,32,36). The molecule has 1 atom stereocenters. The zero-order valence-corrected chi connectivity index (χ0v) is 22.6. The summed E-state index contributed by atoms with van der Waals surface area (Å²) in [5, 5.41) is 11.2. The number of rotatable bonds is 9. The van der Waals surface area contributed by atoms with Gasteiger partial charge in [0.15, 0.2) is 5.82 Å². The summed E-state index contributed by atoms with van der Waals surface area (Å²) in [7, 11) is 0. The van der Waals surface area contributed by atoms with E-state index >= 15 is 0 Å². The van der Waals surface area contributed by atoms with E-state index < -0.39 is 28.7 Å². The number of Topliss-reactive ketones (excluding diaryl/α,β-unsaturated/α-hetero) is 1. The van der Waals surface area contributed by atoms with Gasteiger partial charge in [0.2, 0.25) is 17.6 Å². The van der Waals surface area contributed by atoms with Crippen LogP contribution < -0.4 is 16.6 Å². The van der Waals surface area contributed by atoms with Gasteiger partial charge in [0.1, 0.15) is 6.54 Å². The van der Waals surface area contributed by atoms with Crippen molar-refractivity contribution in [2.75, 3.05) is 5.73 Å². The number of amides is 1. The Bertz CT molecular complexity index is 1550. The molecule has 4 aromatic rings. The van der Waals surface area contributed by atoms with Crippen LogP contribution in [0, 0.1) is 5.92 Å². The Hall–Kier alpha value is -4.38. The molecule has 0 saturated carbocycles. The number of benzene rings is 1. The molecular weight excluding hydrogens is 522 g/mol. The maximum atomic E-state index is 13.4. The zero-order valence-electron chi connectivity index (χ0n) is 21.9. The maximum absolute atomic E-state index is 13.4. The molecule has 0 spiro atoms. The van der Waals surface area contributed by atoms with Crippen LogP contribution in [0.4, 0.5) is 5.82 Å². The molecule has 1 unspecified atom stereocenters. The van der Waals surface area contributed by atoms with Crippen molar-refractivity contribution in [3.05, 3.63) is 87.7 Å². The third-order valence-electron chi connectivity index (χ3n) is 6.26. The molecule has 3 N–H and O–H groups in total. The third-order valence-corrected chi connectivity index (χ3v) is 6.48. The number of carbonyl (C=O) groups is 2. The Morgan fingerprint density at radius 1 is 1.08 bits per heavy atom. The fourth-order valence-electron chi connectivity index (χ4n) is 3.96. The van der Waals surface area contributed by atoms with E-state index in [1.54, 1.807) is 50.2 Å². The summed E-state index contributed by atoms with van der Waals surface area (Å²) in [5.74, 6) is -1.76. The van der Waals surface area contributed by atoms with Crippen molar-refractivity contribution < 1.29 is 14.0 Å². The molecule has 0 aliphatic rings. The molecule has 0 aliphatic carbocycles. The minimum absolute atomic E-state index is 0.181. The number of nitrogens with zero attached hydrogens (tertiary/aromatic N) is 5. The number of anilines is 1. The minimum atomic E-state index is -0.988. The van der Waals surface area contributed by atoms with Gasteiger partial charge in [-0.1, -0.05) is 55.8 Å². The molecule has 4 rings (SSSR count). The second kappa shape index (κ2) is 11.2. The van der Waals surface area contributed by atoms with E-state index in [0.717, 1.165) is 0 Å². The fraction of sp³-hybridized carbons (Fsp3) is 0.296. The SMILES string of the molecule is CC(C)C(NC(=O)Cn1c(-c2ccccc2)cnc(N)c1=O)C(=O)c1nnc(C(C)(C)c2ccc(Cl)cn2)o1. The summed E-state index contributed by atoms with van der Waals surface area (Å²) in [6, 6.07) is 11.5. The van der Waals surface area contributed by atoms with Crippen molar-refractivity contribution in [1.29, 1.82) is 0 Å². The Morgan fingerprint density at radius 2 is 1.79 bits per heavy atom. The molecule has 1 aromatic carbocycles. The summed E-state index contributed by atoms with van der Waals surface area (Å²) in [6.07, 6.45) is 2.94. The smallest absolute Gasteiger partial charge is 0.294 e. The molecular formula is C27H28ClN7O4. The first-order valence-corrected chi connectivity index (χ1v) is 12.6. The molecule has 12 heteroatoms. The van der Waals surface area contributed by atoms with E-state index in [9.17, 15) is 14.4 Å². The maximum Gasteiger partial charge on any atom is 0.294 e. The van der Waals surface area contributed by atoms with Crippen molar-refractivity contribution in [2.24, 2.45) is 5.92 Å². The van der Waals surface area contributed by atoms with Crippen LogP contribution in [-0.4, -0.2) is 42.5 Å². The monoisotopic (exact) mass is 549 g/mol. The van der Waals surface area contributed by atoms with Crippen LogP contribution in [0.2, 0.25) is 5.02 Å². The lowest BCUT2D eigenvalue weighted by Gasteiger charge is -2.21. The molecule has 0 bridgehead atoms. The van der Waals surface area contributed by atoms with Gasteiger partial charge < -0.3 is 15.5 Å². The van der Waals surface area contributed by atoms with Gasteiger partial charge in [-0.25, -0.2) is 4.98 Å². The number of hydrogen-bond acceptors (Lipinski definition) is 9. The number of nitrogens with two attached hydrogens (primary N) is 1. The van der Waals surface area contributed by atoms with Gasteiger partial charge in [0, 0.05) is 6.20 Å². The first-order valence-electron chi connectivity index (χ1n) is 12.2. The Morgan fingerprint density at radius 3 is 2.44 bits per heavy atom. The Kier molecular flexibility index (Phi) is 7.91. The highest BCUT2D eigenvalue weighted by molar-refractivity contribution is 6.30. The lowest BCUT2D eigenvalue weighted by atomic mass is 9.89. The fourth-order valence-corrected chi connectivity index (χ4v) is 4.07. The number of aromatic nitrogens is 5. The van der Waals surface area contributed by atoms with Gasteiger partial charge in [-0.3, -0.25) is 23.9 Å². The van der Waals surface area contributed by atoms with Crippen LogP contribution in [0.15, 0.2) is 64.1 Å². The van der Waals surface area contributed by atoms with Gasteiger partial charge in [0.25, 0.3) is 11.4 Å². The first kappa shape index (κ1) is 27.6. The highest BCUT2D eigenvalue weighted by Gasteiger charge is 2.35. The van der Waals surface area contributed by atoms with E-state index in [1.807, 2.05) is 19.9 Å². The summed E-state index contributed by atoms with van der Waals surface area (Å²) in [5.41, 5.74) is 6.04. The predicted octanol–water partition coefficient (Wildman–Crippen LogP) is 3.27. The highest BCUT2D eigenvalue weighted by atomic mass is 35.5. The molecule has 0 radical (unpaired) electrons. The highest BCUT2D eigenvalue weighted by Crippen LogP contribution is 2.30. The molecule has 202 valence electrons. The third kappa shape index (κ3) is 5.88. The van der Waals surface area contributed by atoms with Crippen molar-refractivity contribution in [1.82, 2.24) is 30.0 Å². The number of ketones is 1. The molecule has 39 heavy (non-hydrogen) atoms. The molecule has 3 aromatic heterocycles. The van der Waals surface area contributed by atoms with E-state index in [0.29, 0.717) is 22.0 Å². The van der Waals surface area contributed by atoms with Crippen LogP contribution in [0.5, 0.6) is 0 Å². The van der Waals surface area contributed by atoms with Gasteiger partial charge in [0.05, 0.1) is 34.1 Å². The number of nitrogens with one attached hydrogen (secondary N) is 1. The summed E-state index contributed by atoms with van der Waals surface area (Å²) in [4.78, 5) is 47.5. The average Bonchev–Trinajstić information content (AvgIpc) is 3.42. The molecule has 0 fully saturated rings. The summed E-state index contributed by atoms with van der Waals surface area (Å²) < 4.78 is 6.99. The summed E-state index contributed by atoms with van der Waals surface area (Å²) >= 11 is 5.95. The quantitative estimate of drug-likeness (QED) is 0.299. The topological polar surface area (TPSA) is 159 Å². The van der Waals surface area contributed by atoms with Crippen LogP contribution in [0.1, 0.15) is 50.0 Å². The number of carbonyl (C=O) groups excluding carboxylic acids is 2. The predicted molar refractivity (Wildman–Crippen MR) is 145 cm³/mol. The van der Waals surface area contributed by atoms with E-state index in [1.165, 1.54) is 17.0 Å². The van der Waals surface area contributed by atoms with Crippen LogP contribution in [0.3, 0.4) is 0 Å². The van der Waals surface area contributed by atoms with Gasteiger partial charge in [-0.15, -0.1) is 10.2 Å². The van der Waals surface area contributed by atoms with Crippen LogP contribution in [-0.2, 0) is 16.8 Å². The molecule has 11 nitrogen and oxygen atoms in total. The largest absolute Gasteiger partial charge is 0.417 e. The zero-order chi connectivity index (χ0) is 28.3. The molecule has 3 heterocycles. The Labute approximate surface area is 229 Å². The summed E-state index contributed by atoms with van der Waals surface area (Å²) in [6.45, 7) is 6.82. The molecule has 0 saturated heterocycles.